The molecule has 0 bridgehead atoms. The molecule has 1 saturated carbocycles. The van der Waals surface area contributed by atoms with E-state index in [1.54, 1.807) is 25.3 Å². The van der Waals surface area contributed by atoms with Crippen molar-refractivity contribution < 1.29 is 23.9 Å². The minimum absolute atomic E-state index is 0.000406. The van der Waals surface area contributed by atoms with Crippen molar-refractivity contribution in [1.82, 2.24) is 10.3 Å². The molecule has 1 aliphatic rings. The van der Waals surface area contributed by atoms with E-state index in [1.165, 1.54) is 0 Å². The first-order valence-electron chi connectivity index (χ1n) is 10.3. The van der Waals surface area contributed by atoms with Gasteiger partial charge in [0.05, 0.1) is 18.7 Å². The fraction of sp³-hybridized carbons (Fsp3) is 0.500. The van der Waals surface area contributed by atoms with E-state index < -0.39 is 17.8 Å². The maximum atomic E-state index is 12.9. The average molecular weight is 448 g/mol. The van der Waals surface area contributed by atoms with E-state index in [0.717, 1.165) is 42.6 Å². The Morgan fingerprint density at radius 2 is 1.84 bits per heavy atom. The second-order valence-electron chi connectivity index (χ2n) is 7.64. The van der Waals surface area contributed by atoms with Crippen LogP contribution in [0.5, 0.6) is 0 Å². The fourth-order valence-electron chi connectivity index (χ4n) is 3.31. The third-order valence-electron chi connectivity index (χ3n) is 4.74. The largest absolute Gasteiger partial charge is 0.466 e. The van der Waals surface area contributed by atoms with Crippen LogP contribution in [-0.4, -0.2) is 35.2 Å². The van der Waals surface area contributed by atoms with Gasteiger partial charge in [-0.2, -0.15) is 0 Å². The van der Waals surface area contributed by atoms with Crippen LogP contribution < -0.4 is 10.6 Å². The zero-order chi connectivity index (χ0) is 23.0. The highest BCUT2D eigenvalue weighted by Crippen LogP contribution is 2.29. The van der Waals surface area contributed by atoms with Gasteiger partial charge in [-0.15, -0.1) is 11.3 Å². The monoisotopic (exact) mass is 447 g/mol. The van der Waals surface area contributed by atoms with Crippen molar-refractivity contribution >= 4 is 40.0 Å². The number of allylic oxidation sites excluding steroid dienone is 4. The Kier molecular flexibility index (Phi) is 9.11. The molecule has 1 aromatic heterocycles. The van der Waals surface area contributed by atoms with Gasteiger partial charge in [-0.25, -0.2) is 4.98 Å². The third kappa shape index (κ3) is 7.43. The zero-order valence-electron chi connectivity index (χ0n) is 18.4. The Balaban J connectivity index is 2.05. The van der Waals surface area contributed by atoms with E-state index in [1.807, 2.05) is 13.8 Å². The first kappa shape index (κ1) is 24.5. The predicted octanol–water partition coefficient (Wildman–Crippen LogP) is 3.30. The summed E-state index contributed by atoms with van der Waals surface area (Å²) < 4.78 is 4.86. The van der Waals surface area contributed by atoms with Crippen molar-refractivity contribution in [3.05, 3.63) is 34.0 Å². The zero-order valence-corrected chi connectivity index (χ0v) is 19.2. The maximum Gasteiger partial charge on any atom is 0.315 e. The smallest absolute Gasteiger partial charge is 0.315 e. The predicted molar refractivity (Wildman–Crippen MR) is 118 cm³/mol. The number of thiazole rings is 1. The summed E-state index contributed by atoms with van der Waals surface area (Å²) >= 11 is 1.10. The van der Waals surface area contributed by atoms with E-state index in [4.69, 9.17) is 4.74 Å². The van der Waals surface area contributed by atoms with Gasteiger partial charge in [-0.1, -0.05) is 24.5 Å². The number of rotatable bonds is 8. The molecular weight excluding hydrogens is 418 g/mol. The lowest BCUT2D eigenvalue weighted by Crippen LogP contribution is -2.35. The molecule has 0 unspecified atom stereocenters. The molecule has 0 spiro atoms. The molecule has 9 heteroatoms. The second kappa shape index (κ2) is 11.5. The number of aromatic nitrogens is 1. The third-order valence-corrected chi connectivity index (χ3v) is 5.55. The lowest BCUT2D eigenvalue weighted by atomic mass is 9.93. The Morgan fingerprint density at radius 3 is 2.45 bits per heavy atom. The fourth-order valence-corrected chi connectivity index (χ4v) is 4.02. The molecule has 0 atom stereocenters. The molecule has 1 fully saturated rings. The van der Waals surface area contributed by atoms with Crippen LogP contribution in [0, 0.1) is 5.92 Å². The Labute approximate surface area is 186 Å². The first-order valence-corrected chi connectivity index (χ1v) is 11.2. The topological polar surface area (TPSA) is 114 Å². The normalized spacial score (nSPS) is 14.5. The van der Waals surface area contributed by atoms with Gasteiger partial charge in [0.15, 0.2) is 10.9 Å². The SMILES string of the molecule is CCOC(=O)Cc1csc(NC(=O)C(=O)N/C(C)=C(/C=C(C)C)C(=O)C2CCCC2)n1. The van der Waals surface area contributed by atoms with Crippen LogP contribution in [0.4, 0.5) is 5.13 Å². The van der Waals surface area contributed by atoms with Gasteiger partial charge in [-0.05, 0) is 40.5 Å². The summed E-state index contributed by atoms with van der Waals surface area (Å²) in [6, 6.07) is 0. The molecule has 0 radical (unpaired) electrons. The number of ketones is 1. The number of carbonyl (C=O) groups excluding carboxylic acids is 4. The quantitative estimate of drug-likeness (QED) is 0.273. The van der Waals surface area contributed by atoms with Gasteiger partial charge in [0, 0.05) is 22.6 Å². The Hall–Kier alpha value is -2.81. The van der Waals surface area contributed by atoms with Crippen molar-refractivity contribution in [2.75, 3.05) is 11.9 Å². The number of nitrogens with zero attached hydrogens (tertiary/aromatic N) is 1. The van der Waals surface area contributed by atoms with Gasteiger partial charge in [0.25, 0.3) is 0 Å². The van der Waals surface area contributed by atoms with Crippen LogP contribution in [-0.2, 0) is 30.3 Å². The van der Waals surface area contributed by atoms with Crippen LogP contribution in [0.1, 0.15) is 59.1 Å². The Morgan fingerprint density at radius 1 is 1.16 bits per heavy atom. The van der Waals surface area contributed by atoms with Gasteiger partial charge in [0.2, 0.25) is 0 Å². The van der Waals surface area contributed by atoms with Gasteiger partial charge < -0.3 is 10.1 Å². The van der Waals surface area contributed by atoms with Crippen molar-refractivity contribution in [2.24, 2.45) is 5.92 Å². The summed E-state index contributed by atoms with van der Waals surface area (Å²) in [4.78, 5) is 53.2. The number of Topliss-reactive ketones (excluding diaryl/α,β-unsaturated/α-hetero) is 1. The number of esters is 1. The molecule has 1 aromatic rings. The standard InChI is InChI=1S/C22H29N3O5S/c1-5-30-18(26)11-16-12-31-22(24-16)25-21(29)20(28)23-14(4)17(10-13(2)3)19(27)15-8-6-7-9-15/h10,12,15H,5-9,11H2,1-4H3,(H,23,28)(H,24,25,29)/b17-14-. The molecule has 0 saturated heterocycles. The van der Waals surface area contributed by atoms with E-state index in [2.05, 4.69) is 15.6 Å². The van der Waals surface area contributed by atoms with E-state index >= 15 is 0 Å². The first-order chi connectivity index (χ1) is 14.7. The van der Waals surface area contributed by atoms with Crippen LogP contribution in [0.25, 0.3) is 0 Å². The number of hydrogen-bond acceptors (Lipinski definition) is 7. The number of carbonyl (C=O) groups is 4. The van der Waals surface area contributed by atoms with Gasteiger partial charge >= 0.3 is 17.8 Å². The summed E-state index contributed by atoms with van der Waals surface area (Å²) in [5, 5.41) is 6.76. The number of ether oxygens (including phenoxy) is 1. The van der Waals surface area contributed by atoms with Crippen LogP contribution in [0.3, 0.4) is 0 Å². The molecule has 0 aromatic carbocycles. The lowest BCUT2D eigenvalue weighted by molar-refractivity contribution is -0.142. The highest BCUT2D eigenvalue weighted by molar-refractivity contribution is 7.14. The molecular formula is C22H29N3O5S. The van der Waals surface area contributed by atoms with Crippen LogP contribution in [0.2, 0.25) is 0 Å². The molecule has 2 amide bonds. The van der Waals surface area contributed by atoms with Crippen molar-refractivity contribution in [3.63, 3.8) is 0 Å². The molecule has 2 N–H and O–H groups in total. The van der Waals surface area contributed by atoms with E-state index in [9.17, 15) is 19.2 Å². The molecule has 2 rings (SSSR count). The number of amides is 2. The average Bonchev–Trinajstić information content (AvgIpc) is 3.37. The Bertz CT molecular complexity index is 906. The van der Waals surface area contributed by atoms with Gasteiger partial charge in [-0.3, -0.25) is 24.5 Å². The maximum absolute atomic E-state index is 12.9. The van der Waals surface area contributed by atoms with E-state index in [-0.39, 0.29) is 29.9 Å². The summed E-state index contributed by atoms with van der Waals surface area (Å²) in [5.41, 5.74) is 2.15. The van der Waals surface area contributed by atoms with Gasteiger partial charge in [0.1, 0.15) is 0 Å². The summed E-state index contributed by atoms with van der Waals surface area (Å²) in [5.74, 6) is -2.25. The van der Waals surface area contributed by atoms with Crippen LogP contribution in [0.15, 0.2) is 28.3 Å². The van der Waals surface area contributed by atoms with Crippen molar-refractivity contribution in [1.29, 1.82) is 0 Å². The molecule has 1 heterocycles. The van der Waals surface area contributed by atoms with E-state index in [0.29, 0.717) is 17.0 Å². The molecule has 168 valence electrons. The lowest BCUT2D eigenvalue weighted by Gasteiger charge is -2.14. The second-order valence-corrected chi connectivity index (χ2v) is 8.50. The molecule has 0 aliphatic heterocycles. The summed E-state index contributed by atoms with van der Waals surface area (Å²) in [7, 11) is 0. The summed E-state index contributed by atoms with van der Waals surface area (Å²) in [6.45, 7) is 7.36. The highest BCUT2D eigenvalue weighted by atomic mass is 32.1. The number of hydrogen-bond donors (Lipinski definition) is 2. The van der Waals surface area contributed by atoms with Crippen molar-refractivity contribution in [3.8, 4) is 0 Å². The molecule has 31 heavy (non-hydrogen) atoms. The molecule has 1 aliphatic carbocycles. The minimum Gasteiger partial charge on any atom is -0.466 e. The highest BCUT2D eigenvalue weighted by Gasteiger charge is 2.26. The number of anilines is 1. The van der Waals surface area contributed by atoms with Crippen molar-refractivity contribution in [2.45, 2.75) is 59.8 Å². The number of nitrogens with one attached hydrogen (secondary N) is 2. The molecule has 8 nitrogen and oxygen atoms in total. The van der Waals surface area contributed by atoms with Crippen LogP contribution >= 0.6 is 11.3 Å². The minimum atomic E-state index is -0.902. The summed E-state index contributed by atoms with van der Waals surface area (Å²) in [6.07, 6.45) is 5.48.